The molecule has 4 atom stereocenters. The zero-order valence-corrected chi connectivity index (χ0v) is 13.1. The van der Waals surface area contributed by atoms with Crippen LogP contribution in [0.5, 0.6) is 0 Å². The van der Waals surface area contributed by atoms with Gasteiger partial charge in [0.15, 0.2) is 0 Å². The van der Waals surface area contributed by atoms with Crippen molar-refractivity contribution in [3.63, 3.8) is 0 Å². The standard InChI is InChI=1S/C15H14Cl2N2O3/c16-8-2-1-7(5-9(8)17)18-6-19-14(20)12-10-3-4-11(22-10)13(12)15(19)21/h1-2,5,10-13,18H,3-4,6H2/t10-,11+,12-,13-/m1/s1. The van der Waals surface area contributed by atoms with Crippen LogP contribution in [0.1, 0.15) is 12.8 Å². The lowest BCUT2D eigenvalue weighted by molar-refractivity contribution is -0.142. The maximum absolute atomic E-state index is 12.5. The fraction of sp³-hybridized carbons (Fsp3) is 0.467. The topological polar surface area (TPSA) is 58.6 Å². The largest absolute Gasteiger partial charge is 0.373 e. The van der Waals surface area contributed by atoms with Crippen LogP contribution in [0.2, 0.25) is 10.0 Å². The number of fused-ring (bicyclic) bond motifs is 5. The smallest absolute Gasteiger partial charge is 0.237 e. The first-order valence-electron chi connectivity index (χ1n) is 7.26. The second-order valence-electron chi connectivity index (χ2n) is 5.91. The molecule has 116 valence electrons. The lowest BCUT2D eigenvalue weighted by Crippen LogP contribution is -2.38. The van der Waals surface area contributed by atoms with E-state index in [1.807, 2.05) is 0 Å². The van der Waals surface area contributed by atoms with Gasteiger partial charge in [-0.2, -0.15) is 0 Å². The highest BCUT2D eigenvalue weighted by atomic mass is 35.5. The van der Waals surface area contributed by atoms with Crippen LogP contribution < -0.4 is 5.32 Å². The number of carbonyl (C=O) groups excluding carboxylic acids is 2. The fourth-order valence-corrected chi connectivity index (χ4v) is 4.00. The molecule has 3 fully saturated rings. The minimum Gasteiger partial charge on any atom is -0.373 e. The number of ether oxygens (including phenoxy) is 1. The summed E-state index contributed by atoms with van der Waals surface area (Å²) in [5.74, 6) is -0.840. The number of amides is 2. The van der Waals surface area contributed by atoms with Crippen molar-refractivity contribution in [3.05, 3.63) is 28.2 Å². The molecule has 0 aromatic heterocycles. The van der Waals surface area contributed by atoms with E-state index in [0.717, 1.165) is 12.8 Å². The van der Waals surface area contributed by atoms with Crippen LogP contribution in [-0.2, 0) is 14.3 Å². The number of rotatable bonds is 3. The van der Waals surface area contributed by atoms with Gasteiger partial charge in [0.05, 0.1) is 40.8 Å². The van der Waals surface area contributed by atoms with E-state index in [4.69, 9.17) is 27.9 Å². The summed E-state index contributed by atoms with van der Waals surface area (Å²) in [5.41, 5.74) is 0.714. The van der Waals surface area contributed by atoms with Crippen LogP contribution in [-0.4, -0.2) is 35.6 Å². The monoisotopic (exact) mass is 340 g/mol. The van der Waals surface area contributed by atoms with Gasteiger partial charge in [0.1, 0.15) is 0 Å². The molecule has 7 heteroatoms. The Balaban J connectivity index is 1.48. The average Bonchev–Trinajstić information content (AvgIpc) is 3.16. The third kappa shape index (κ3) is 2.03. The molecular formula is C15H14Cl2N2O3. The Morgan fingerprint density at radius 1 is 1.09 bits per heavy atom. The summed E-state index contributed by atoms with van der Waals surface area (Å²) in [5, 5.41) is 3.94. The molecule has 0 radical (unpaired) electrons. The van der Waals surface area contributed by atoms with Crippen molar-refractivity contribution in [1.82, 2.24) is 4.90 Å². The quantitative estimate of drug-likeness (QED) is 0.859. The van der Waals surface area contributed by atoms with E-state index in [-0.39, 0.29) is 42.5 Å². The molecule has 0 unspecified atom stereocenters. The Morgan fingerprint density at radius 2 is 1.73 bits per heavy atom. The van der Waals surface area contributed by atoms with Gasteiger partial charge in [0, 0.05) is 5.69 Å². The van der Waals surface area contributed by atoms with E-state index in [9.17, 15) is 9.59 Å². The molecule has 3 aliphatic rings. The van der Waals surface area contributed by atoms with E-state index < -0.39 is 0 Å². The number of imide groups is 1. The Hall–Kier alpha value is -1.30. The van der Waals surface area contributed by atoms with E-state index >= 15 is 0 Å². The van der Waals surface area contributed by atoms with Gasteiger partial charge < -0.3 is 10.1 Å². The van der Waals surface area contributed by atoms with Crippen molar-refractivity contribution in [2.45, 2.75) is 25.0 Å². The van der Waals surface area contributed by atoms with Crippen molar-refractivity contribution >= 4 is 40.7 Å². The number of anilines is 1. The molecule has 3 aliphatic heterocycles. The summed E-state index contributed by atoms with van der Waals surface area (Å²) in [6.45, 7) is 0.141. The normalized spacial score (nSPS) is 32.7. The third-order valence-corrected chi connectivity index (χ3v) is 5.48. The summed E-state index contributed by atoms with van der Waals surface area (Å²) >= 11 is 11.8. The highest BCUT2D eigenvalue weighted by molar-refractivity contribution is 6.42. The first kappa shape index (κ1) is 14.3. The third-order valence-electron chi connectivity index (χ3n) is 4.74. The first-order chi connectivity index (χ1) is 10.6. The molecular weight excluding hydrogens is 327 g/mol. The van der Waals surface area contributed by atoms with E-state index in [1.165, 1.54) is 4.90 Å². The lowest BCUT2D eigenvalue weighted by Gasteiger charge is -2.18. The molecule has 1 N–H and O–H groups in total. The zero-order chi connectivity index (χ0) is 15.4. The summed E-state index contributed by atoms with van der Waals surface area (Å²) in [6, 6.07) is 5.10. The minimum atomic E-state index is -0.290. The number of hydrogen-bond acceptors (Lipinski definition) is 4. The second-order valence-corrected chi connectivity index (χ2v) is 6.72. The van der Waals surface area contributed by atoms with Crippen LogP contribution in [0.3, 0.4) is 0 Å². The Kier molecular flexibility index (Phi) is 3.33. The number of benzene rings is 1. The second kappa shape index (κ2) is 5.11. The number of likely N-dealkylation sites (tertiary alicyclic amines) is 1. The van der Waals surface area contributed by atoms with Crippen molar-refractivity contribution in [1.29, 1.82) is 0 Å². The molecule has 4 rings (SSSR count). The Labute approximate surface area is 137 Å². The van der Waals surface area contributed by atoms with Crippen LogP contribution in [0.25, 0.3) is 0 Å². The van der Waals surface area contributed by atoms with E-state index in [1.54, 1.807) is 18.2 Å². The highest BCUT2D eigenvalue weighted by Gasteiger charge is 2.62. The maximum Gasteiger partial charge on any atom is 0.237 e. The van der Waals surface area contributed by atoms with Crippen LogP contribution >= 0.6 is 23.2 Å². The van der Waals surface area contributed by atoms with Crippen molar-refractivity contribution < 1.29 is 14.3 Å². The molecule has 2 bridgehead atoms. The van der Waals surface area contributed by atoms with Gasteiger partial charge in [-0.05, 0) is 31.0 Å². The lowest BCUT2D eigenvalue weighted by atomic mass is 9.81. The zero-order valence-electron chi connectivity index (χ0n) is 11.6. The van der Waals surface area contributed by atoms with E-state index in [0.29, 0.717) is 15.7 Å². The summed E-state index contributed by atoms with van der Waals surface area (Å²) < 4.78 is 5.70. The van der Waals surface area contributed by atoms with Crippen molar-refractivity contribution in [2.24, 2.45) is 11.8 Å². The Morgan fingerprint density at radius 3 is 2.32 bits per heavy atom. The highest BCUT2D eigenvalue weighted by Crippen LogP contribution is 2.48. The van der Waals surface area contributed by atoms with Gasteiger partial charge in [-0.1, -0.05) is 23.2 Å². The van der Waals surface area contributed by atoms with Gasteiger partial charge in [-0.3, -0.25) is 14.5 Å². The number of hydrogen-bond donors (Lipinski definition) is 1. The summed E-state index contributed by atoms with van der Waals surface area (Å²) in [6.07, 6.45) is 1.58. The molecule has 0 spiro atoms. The first-order valence-corrected chi connectivity index (χ1v) is 8.01. The molecule has 2 amide bonds. The molecule has 3 saturated heterocycles. The number of halogens is 2. The van der Waals surface area contributed by atoms with Gasteiger partial charge in [0.25, 0.3) is 0 Å². The predicted octanol–water partition coefficient (Wildman–Crippen LogP) is 2.53. The maximum atomic E-state index is 12.5. The van der Waals surface area contributed by atoms with Crippen molar-refractivity contribution in [3.8, 4) is 0 Å². The molecule has 1 aromatic carbocycles. The Bertz CT molecular complexity index is 638. The molecule has 3 heterocycles. The summed E-state index contributed by atoms with van der Waals surface area (Å²) in [7, 11) is 0. The van der Waals surface area contributed by atoms with E-state index in [2.05, 4.69) is 5.32 Å². The average molecular weight is 341 g/mol. The minimum absolute atomic E-state index is 0.0820. The van der Waals surface area contributed by atoms with Crippen LogP contribution in [0.15, 0.2) is 18.2 Å². The van der Waals surface area contributed by atoms with Crippen LogP contribution in [0, 0.1) is 11.8 Å². The molecule has 0 aliphatic carbocycles. The van der Waals surface area contributed by atoms with Crippen molar-refractivity contribution in [2.75, 3.05) is 12.0 Å². The molecule has 1 aromatic rings. The predicted molar refractivity (Wildman–Crippen MR) is 81.7 cm³/mol. The van der Waals surface area contributed by atoms with Gasteiger partial charge >= 0.3 is 0 Å². The van der Waals surface area contributed by atoms with Gasteiger partial charge in [-0.15, -0.1) is 0 Å². The number of nitrogens with one attached hydrogen (secondary N) is 1. The van der Waals surface area contributed by atoms with Gasteiger partial charge in [-0.25, -0.2) is 0 Å². The molecule has 5 nitrogen and oxygen atoms in total. The number of nitrogens with zero attached hydrogens (tertiary/aromatic N) is 1. The fourth-order valence-electron chi connectivity index (χ4n) is 3.71. The number of carbonyl (C=O) groups is 2. The molecule has 22 heavy (non-hydrogen) atoms. The molecule has 0 saturated carbocycles. The summed E-state index contributed by atoms with van der Waals surface area (Å²) in [4.78, 5) is 26.2. The SMILES string of the molecule is O=C1[C@H]2[C@H](C(=O)N1CNc1ccc(Cl)c(Cl)c1)[C@H]1CC[C@@H]2O1. The van der Waals surface area contributed by atoms with Crippen LogP contribution in [0.4, 0.5) is 5.69 Å². The van der Waals surface area contributed by atoms with Gasteiger partial charge in [0.2, 0.25) is 11.8 Å².